The van der Waals surface area contributed by atoms with Crippen molar-refractivity contribution in [3.05, 3.63) is 95.5 Å². The molecule has 6 rings (SSSR count). The summed E-state index contributed by atoms with van der Waals surface area (Å²) >= 11 is 6.26. The van der Waals surface area contributed by atoms with Crippen molar-refractivity contribution in [2.45, 2.75) is 6.42 Å². The lowest BCUT2D eigenvalue weighted by molar-refractivity contribution is 0.419. The predicted octanol–water partition coefficient (Wildman–Crippen LogP) is 6.85. The predicted molar refractivity (Wildman–Crippen MR) is 137 cm³/mol. The van der Waals surface area contributed by atoms with Crippen molar-refractivity contribution in [2.24, 2.45) is 0 Å². The number of benzene rings is 3. The molecule has 1 aliphatic heterocycles. The van der Waals surface area contributed by atoms with Gasteiger partial charge in [0.2, 0.25) is 0 Å². The first kappa shape index (κ1) is 21.5. The summed E-state index contributed by atoms with van der Waals surface area (Å²) in [6.07, 6.45) is 4.32. The van der Waals surface area contributed by atoms with Crippen LogP contribution in [-0.2, 0) is 6.42 Å². The van der Waals surface area contributed by atoms with Crippen LogP contribution in [0.2, 0.25) is 5.02 Å². The third-order valence-corrected chi connectivity index (χ3v) is 6.47. The second-order valence-electron chi connectivity index (χ2n) is 8.37. The fraction of sp³-hybridized carbons (Fsp3) is 0.107. The molecule has 3 heterocycles. The largest absolute Gasteiger partial charge is 0.494 e. The van der Waals surface area contributed by atoms with Gasteiger partial charge in [0.15, 0.2) is 5.82 Å². The monoisotopic (exact) mass is 482 g/mol. The lowest BCUT2D eigenvalue weighted by Gasteiger charge is -2.22. The lowest BCUT2D eigenvalue weighted by Crippen LogP contribution is -2.16. The van der Waals surface area contributed by atoms with Gasteiger partial charge >= 0.3 is 0 Å². The highest BCUT2D eigenvalue weighted by molar-refractivity contribution is 6.30. The van der Waals surface area contributed by atoms with E-state index in [4.69, 9.17) is 26.3 Å². The van der Waals surface area contributed by atoms with Crippen molar-refractivity contribution < 1.29 is 9.13 Å². The van der Waals surface area contributed by atoms with Gasteiger partial charge in [-0.05, 0) is 77.7 Å². The molecule has 0 saturated carbocycles. The Labute approximate surface area is 206 Å². The van der Waals surface area contributed by atoms with E-state index in [1.807, 2.05) is 48.5 Å². The Morgan fingerprint density at radius 2 is 1.83 bits per heavy atom. The van der Waals surface area contributed by atoms with Gasteiger partial charge in [-0.25, -0.2) is 14.4 Å². The van der Waals surface area contributed by atoms with Crippen molar-refractivity contribution >= 4 is 34.0 Å². The van der Waals surface area contributed by atoms with E-state index < -0.39 is 0 Å². The molecular weight excluding hydrogens is 463 g/mol. The molecule has 0 N–H and O–H groups in total. The maximum Gasteiger partial charge on any atom is 0.163 e. The Hall–Kier alpha value is -4.03. The van der Waals surface area contributed by atoms with Gasteiger partial charge < -0.3 is 9.64 Å². The highest BCUT2D eigenvalue weighted by Crippen LogP contribution is 2.42. The van der Waals surface area contributed by atoms with Gasteiger partial charge in [0.1, 0.15) is 22.9 Å². The van der Waals surface area contributed by atoms with E-state index in [0.717, 1.165) is 46.5 Å². The average Bonchev–Trinajstić information content (AvgIpc) is 3.30. The van der Waals surface area contributed by atoms with Crippen molar-refractivity contribution in [2.75, 3.05) is 18.6 Å². The van der Waals surface area contributed by atoms with Gasteiger partial charge in [0, 0.05) is 40.6 Å². The maximum absolute atomic E-state index is 14.0. The summed E-state index contributed by atoms with van der Waals surface area (Å²) in [5.41, 5.74) is 5.29. The molecule has 5 nitrogen and oxygen atoms in total. The highest BCUT2D eigenvalue weighted by atomic mass is 35.5. The molecule has 0 radical (unpaired) electrons. The van der Waals surface area contributed by atoms with Crippen molar-refractivity contribution in [1.82, 2.24) is 15.0 Å². The fourth-order valence-corrected chi connectivity index (χ4v) is 4.79. The second kappa shape index (κ2) is 8.64. The third kappa shape index (κ3) is 3.86. The van der Waals surface area contributed by atoms with E-state index in [1.54, 1.807) is 25.6 Å². The van der Waals surface area contributed by atoms with Crippen molar-refractivity contribution in [3.63, 3.8) is 0 Å². The van der Waals surface area contributed by atoms with E-state index >= 15 is 0 Å². The molecule has 35 heavy (non-hydrogen) atoms. The number of pyridine rings is 1. The summed E-state index contributed by atoms with van der Waals surface area (Å²) in [6.45, 7) is 0.751. The van der Waals surface area contributed by atoms with E-state index in [9.17, 15) is 4.39 Å². The SMILES string of the molecule is COc1cc(-c2cccc(F)c2)cc2c(N3CCc4cc(Cl)ccc43)nc(-c3cccnc3)nc12. The van der Waals surface area contributed by atoms with Crippen LogP contribution in [0.3, 0.4) is 0 Å². The number of halogens is 2. The molecule has 0 aliphatic carbocycles. The third-order valence-electron chi connectivity index (χ3n) is 6.24. The van der Waals surface area contributed by atoms with E-state index in [-0.39, 0.29) is 5.82 Å². The molecule has 0 bridgehead atoms. The van der Waals surface area contributed by atoms with Gasteiger partial charge in [-0.3, -0.25) is 4.98 Å². The molecular formula is C28H20ClFN4O. The van der Waals surface area contributed by atoms with Crippen LogP contribution in [0.5, 0.6) is 5.75 Å². The highest BCUT2D eigenvalue weighted by Gasteiger charge is 2.26. The number of fused-ring (bicyclic) bond motifs is 2. The number of aromatic nitrogens is 3. The topological polar surface area (TPSA) is 51.1 Å². The summed E-state index contributed by atoms with van der Waals surface area (Å²) in [5, 5.41) is 1.53. The standard InChI is InChI=1S/C28H20ClFN4O/c1-35-25-15-20(17-4-2-6-22(30)13-17)14-23-26(25)32-27(19-5-3-10-31-16-19)33-28(23)34-11-9-18-12-21(29)7-8-24(18)34/h2-8,10,12-16H,9,11H2,1H3. The molecule has 0 atom stereocenters. The van der Waals surface area contributed by atoms with Gasteiger partial charge in [-0.1, -0.05) is 23.7 Å². The lowest BCUT2D eigenvalue weighted by atomic mass is 10.0. The minimum atomic E-state index is -0.296. The minimum absolute atomic E-state index is 0.296. The van der Waals surface area contributed by atoms with E-state index in [2.05, 4.69) is 9.88 Å². The molecule has 3 aromatic carbocycles. The Bertz CT molecular complexity index is 1580. The Morgan fingerprint density at radius 1 is 0.943 bits per heavy atom. The number of hydrogen-bond donors (Lipinski definition) is 0. The van der Waals surface area contributed by atoms with Crippen molar-refractivity contribution in [1.29, 1.82) is 0 Å². The van der Waals surface area contributed by atoms with Gasteiger partial charge in [0.05, 0.1) is 7.11 Å². The molecule has 5 aromatic rings. The average molecular weight is 483 g/mol. The van der Waals surface area contributed by atoms with Crippen LogP contribution < -0.4 is 9.64 Å². The van der Waals surface area contributed by atoms with Crippen LogP contribution in [0, 0.1) is 5.82 Å². The summed E-state index contributed by atoms with van der Waals surface area (Å²) in [5.74, 6) is 1.60. The fourth-order valence-electron chi connectivity index (χ4n) is 4.60. The number of ether oxygens (including phenoxy) is 1. The van der Waals surface area contributed by atoms with Crippen LogP contribution in [0.1, 0.15) is 5.56 Å². The molecule has 1 aliphatic rings. The van der Waals surface area contributed by atoms with Gasteiger partial charge in [-0.15, -0.1) is 0 Å². The molecule has 0 spiro atoms. The number of methoxy groups -OCH3 is 1. The summed E-state index contributed by atoms with van der Waals surface area (Å²) < 4.78 is 19.8. The van der Waals surface area contributed by atoms with E-state index in [0.29, 0.717) is 22.1 Å². The minimum Gasteiger partial charge on any atom is -0.494 e. The number of anilines is 2. The van der Waals surface area contributed by atoms with Crippen LogP contribution in [0.4, 0.5) is 15.9 Å². The molecule has 0 unspecified atom stereocenters. The Kier molecular flexibility index (Phi) is 5.30. The second-order valence-corrected chi connectivity index (χ2v) is 8.81. The number of rotatable bonds is 4. The quantitative estimate of drug-likeness (QED) is 0.280. The first-order chi connectivity index (χ1) is 17.1. The maximum atomic E-state index is 14.0. The molecule has 172 valence electrons. The zero-order chi connectivity index (χ0) is 23.9. The van der Waals surface area contributed by atoms with E-state index in [1.165, 1.54) is 17.7 Å². The molecule has 7 heteroatoms. The molecule has 0 amide bonds. The smallest absolute Gasteiger partial charge is 0.163 e. The Morgan fingerprint density at radius 3 is 2.63 bits per heavy atom. The van der Waals surface area contributed by atoms with Crippen molar-refractivity contribution in [3.8, 4) is 28.3 Å². The molecule has 2 aromatic heterocycles. The zero-order valence-electron chi connectivity index (χ0n) is 18.9. The molecule has 0 fully saturated rings. The summed E-state index contributed by atoms with van der Waals surface area (Å²) in [6, 6.07) is 20.1. The number of hydrogen-bond acceptors (Lipinski definition) is 5. The molecule has 0 saturated heterocycles. The van der Waals surface area contributed by atoms with Gasteiger partial charge in [0.25, 0.3) is 0 Å². The normalized spacial score (nSPS) is 12.7. The summed E-state index contributed by atoms with van der Waals surface area (Å²) in [4.78, 5) is 16.3. The van der Waals surface area contributed by atoms with Crippen LogP contribution in [0.25, 0.3) is 33.4 Å². The Balaban J connectivity index is 1.64. The first-order valence-corrected chi connectivity index (χ1v) is 11.6. The summed E-state index contributed by atoms with van der Waals surface area (Å²) in [7, 11) is 1.61. The van der Waals surface area contributed by atoms with Gasteiger partial charge in [-0.2, -0.15) is 0 Å². The van der Waals surface area contributed by atoms with Crippen LogP contribution in [-0.4, -0.2) is 28.6 Å². The van der Waals surface area contributed by atoms with Crippen LogP contribution in [0.15, 0.2) is 79.1 Å². The van der Waals surface area contributed by atoms with Crippen LogP contribution >= 0.6 is 11.6 Å². The number of nitrogens with zero attached hydrogens (tertiary/aromatic N) is 4. The first-order valence-electron chi connectivity index (χ1n) is 11.2. The zero-order valence-corrected chi connectivity index (χ0v) is 19.6.